The van der Waals surface area contributed by atoms with Gasteiger partial charge in [-0.25, -0.2) is 4.39 Å². The number of aromatic hydroxyl groups is 1. The lowest BCUT2D eigenvalue weighted by Crippen LogP contribution is -2.08. The van der Waals surface area contributed by atoms with E-state index in [-0.39, 0.29) is 11.8 Å². The summed E-state index contributed by atoms with van der Waals surface area (Å²) in [6.45, 7) is 1.81. The fraction of sp³-hybridized carbons (Fsp3) is 0.133. The predicted molar refractivity (Wildman–Crippen MR) is 71.3 cm³/mol. The Morgan fingerprint density at radius 1 is 1.26 bits per heavy atom. The Labute approximate surface area is 110 Å². The fourth-order valence-corrected chi connectivity index (χ4v) is 1.87. The number of rotatable bonds is 3. The second kappa shape index (κ2) is 5.40. The van der Waals surface area contributed by atoms with Gasteiger partial charge < -0.3 is 10.4 Å². The Hall–Kier alpha value is -2.54. The average molecular weight is 256 g/mol. The fourth-order valence-electron chi connectivity index (χ4n) is 1.87. The number of phenolic OH excluding ortho intramolecular Hbond substituents is 1. The minimum atomic E-state index is -0.462. The first-order chi connectivity index (χ1) is 9.10. The molecule has 0 aliphatic rings. The van der Waals surface area contributed by atoms with Gasteiger partial charge in [0.05, 0.1) is 17.7 Å². The number of hydrogen-bond acceptors (Lipinski definition) is 3. The van der Waals surface area contributed by atoms with Crippen LogP contribution in [0.4, 0.5) is 10.1 Å². The normalized spacial score (nSPS) is 11.6. The highest BCUT2D eigenvalue weighted by Gasteiger charge is 2.11. The summed E-state index contributed by atoms with van der Waals surface area (Å²) in [5, 5.41) is 21.1. The van der Waals surface area contributed by atoms with Gasteiger partial charge in [0.25, 0.3) is 0 Å². The summed E-state index contributed by atoms with van der Waals surface area (Å²) >= 11 is 0. The Morgan fingerprint density at radius 3 is 2.74 bits per heavy atom. The van der Waals surface area contributed by atoms with Crippen LogP contribution in [-0.2, 0) is 0 Å². The number of nitrogens with zero attached hydrogens (tertiary/aromatic N) is 1. The predicted octanol–water partition coefficient (Wildman–Crippen LogP) is 3.58. The van der Waals surface area contributed by atoms with Gasteiger partial charge in [-0.05, 0) is 31.2 Å². The van der Waals surface area contributed by atoms with Crippen molar-refractivity contribution < 1.29 is 9.50 Å². The monoisotopic (exact) mass is 256 g/mol. The third kappa shape index (κ3) is 3.02. The highest BCUT2D eigenvalue weighted by atomic mass is 19.1. The van der Waals surface area contributed by atoms with Crippen LogP contribution in [0.1, 0.15) is 24.1 Å². The highest BCUT2D eigenvalue weighted by molar-refractivity contribution is 5.50. The summed E-state index contributed by atoms with van der Waals surface area (Å²) in [5.74, 6) is -0.559. The van der Waals surface area contributed by atoms with Gasteiger partial charge in [0.15, 0.2) is 0 Å². The van der Waals surface area contributed by atoms with E-state index in [1.165, 1.54) is 12.1 Å². The first-order valence-electron chi connectivity index (χ1n) is 5.85. The van der Waals surface area contributed by atoms with Crippen LogP contribution in [0.15, 0.2) is 42.5 Å². The molecule has 0 radical (unpaired) electrons. The largest absolute Gasteiger partial charge is 0.508 e. The number of halogens is 1. The molecule has 2 rings (SSSR count). The van der Waals surface area contributed by atoms with Crippen molar-refractivity contribution >= 4 is 5.69 Å². The molecule has 0 amide bonds. The Morgan fingerprint density at radius 2 is 2.05 bits per heavy atom. The Kier molecular flexibility index (Phi) is 3.67. The summed E-state index contributed by atoms with van der Waals surface area (Å²) in [5.41, 5.74) is 1.75. The van der Waals surface area contributed by atoms with Crippen LogP contribution in [0.3, 0.4) is 0 Å². The standard InChI is InChI=1S/C15H13FN2O/c1-10(14-6-5-13(19)8-15(14)16)18-12-4-2-3-11(7-12)9-17/h2-8,10,18-19H,1H3. The third-order valence-electron chi connectivity index (χ3n) is 2.83. The summed E-state index contributed by atoms with van der Waals surface area (Å²) in [4.78, 5) is 0. The molecular formula is C15H13FN2O. The molecule has 1 atom stereocenters. The van der Waals surface area contributed by atoms with E-state index in [0.717, 1.165) is 11.8 Å². The zero-order valence-corrected chi connectivity index (χ0v) is 10.4. The van der Waals surface area contributed by atoms with Crippen molar-refractivity contribution in [3.8, 4) is 11.8 Å². The summed E-state index contributed by atoms with van der Waals surface area (Å²) in [6, 6.07) is 12.8. The lowest BCUT2D eigenvalue weighted by atomic mass is 10.1. The van der Waals surface area contributed by atoms with Crippen molar-refractivity contribution in [1.82, 2.24) is 0 Å². The minimum Gasteiger partial charge on any atom is -0.508 e. The first kappa shape index (κ1) is 12.9. The smallest absolute Gasteiger partial charge is 0.132 e. The molecule has 0 aliphatic carbocycles. The topological polar surface area (TPSA) is 56.0 Å². The van der Waals surface area contributed by atoms with Crippen LogP contribution < -0.4 is 5.32 Å². The maximum atomic E-state index is 13.7. The Bertz CT molecular complexity index is 634. The molecular weight excluding hydrogens is 243 g/mol. The van der Waals surface area contributed by atoms with Crippen LogP contribution in [0.25, 0.3) is 0 Å². The van der Waals surface area contributed by atoms with Crippen molar-refractivity contribution in [1.29, 1.82) is 5.26 Å². The summed E-state index contributed by atoms with van der Waals surface area (Å²) < 4.78 is 13.7. The molecule has 3 nitrogen and oxygen atoms in total. The lowest BCUT2D eigenvalue weighted by molar-refractivity contribution is 0.467. The van der Waals surface area contributed by atoms with Gasteiger partial charge >= 0.3 is 0 Å². The maximum absolute atomic E-state index is 13.7. The van der Waals surface area contributed by atoms with Gasteiger partial charge in [-0.1, -0.05) is 12.1 Å². The summed E-state index contributed by atoms with van der Waals surface area (Å²) in [6.07, 6.45) is 0. The van der Waals surface area contributed by atoms with Crippen LogP contribution in [0, 0.1) is 17.1 Å². The van der Waals surface area contributed by atoms with Crippen LogP contribution >= 0.6 is 0 Å². The molecule has 0 saturated heterocycles. The number of nitriles is 1. The van der Waals surface area contributed by atoms with Gasteiger partial charge in [0, 0.05) is 17.3 Å². The van der Waals surface area contributed by atoms with E-state index in [4.69, 9.17) is 5.26 Å². The molecule has 0 aliphatic heterocycles. The first-order valence-corrected chi connectivity index (χ1v) is 5.85. The molecule has 0 bridgehead atoms. The molecule has 0 aromatic heterocycles. The minimum absolute atomic E-state index is 0.0973. The molecule has 1 unspecified atom stereocenters. The molecule has 2 aromatic carbocycles. The van der Waals surface area contributed by atoms with E-state index in [1.807, 2.05) is 13.0 Å². The van der Waals surface area contributed by atoms with Gasteiger partial charge in [0.2, 0.25) is 0 Å². The lowest BCUT2D eigenvalue weighted by Gasteiger charge is -2.16. The van der Waals surface area contributed by atoms with Crippen LogP contribution in [-0.4, -0.2) is 5.11 Å². The molecule has 0 spiro atoms. The molecule has 2 N–H and O–H groups in total. The number of hydrogen-bond donors (Lipinski definition) is 2. The highest BCUT2D eigenvalue weighted by Crippen LogP contribution is 2.24. The molecule has 96 valence electrons. The molecule has 0 fully saturated rings. The van der Waals surface area contributed by atoms with E-state index >= 15 is 0 Å². The van der Waals surface area contributed by atoms with E-state index in [1.54, 1.807) is 18.2 Å². The van der Waals surface area contributed by atoms with Crippen LogP contribution in [0.5, 0.6) is 5.75 Å². The van der Waals surface area contributed by atoms with E-state index in [2.05, 4.69) is 11.4 Å². The summed E-state index contributed by atoms with van der Waals surface area (Å²) in [7, 11) is 0. The zero-order valence-electron chi connectivity index (χ0n) is 10.4. The van der Waals surface area contributed by atoms with E-state index in [9.17, 15) is 9.50 Å². The third-order valence-corrected chi connectivity index (χ3v) is 2.83. The van der Waals surface area contributed by atoms with Crippen molar-refractivity contribution in [3.05, 3.63) is 59.4 Å². The molecule has 2 aromatic rings. The molecule has 0 heterocycles. The van der Waals surface area contributed by atoms with Crippen molar-refractivity contribution in [2.45, 2.75) is 13.0 Å². The number of phenols is 1. The van der Waals surface area contributed by atoms with Gasteiger partial charge in [-0.3, -0.25) is 0 Å². The van der Waals surface area contributed by atoms with Gasteiger partial charge in [0.1, 0.15) is 11.6 Å². The van der Waals surface area contributed by atoms with E-state index < -0.39 is 5.82 Å². The average Bonchev–Trinajstić information content (AvgIpc) is 2.38. The number of anilines is 1. The van der Waals surface area contributed by atoms with Crippen LogP contribution in [0.2, 0.25) is 0 Å². The molecule has 19 heavy (non-hydrogen) atoms. The van der Waals surface area contributed by atoms with Crippen molar-refractivity contribution in [3.63, 3.8) is 0 Å². The number of nitrogens with one attached hydrogen (secondary N) is 1. The van der Waals surface area contributed by atoms with Crippen molar-refractivity contribution in [2.24, 2.45) is 0 Å². The van der Waals surface area contributed by atoms with Gasteiger partial charge in [-0.15, -0.1) is 0 Å². The number of benzene rings is 2. The molecule has 0 saturated carbocycles. The maximum Gasteiger partial charge on any atom is 0.132 e. The second-order valence-electron chi connectivity index (χ2n) is 4.26. The quantitative estimate of drug-likeness (QED) is 0.882. The zero-order chi connectivity index (χ0) is 13.8. The Balaban J connectivity index is 2.20. The van der Waals surface area contributed by atoms with Gasteiger partial charge in [-0.2, -0.15) is 5.26 Å². The SMILES string of the molecule is CC(Nc1cccc(C#N)c1)c1ccc(O)cc1F. The van der Waals surface area contributed by atoms with Crippen molar-refractivity contribution in [2.75, 3.05) is 5.32 Å². The molecule has 4 heteroatoms. The second-order valence-corrected chi connectivity index (χ2v) is 4.26. The van der Waals surface area contributed by atoms with E-state index in [0.29, 0.717) is 11.1 Å².